The van der Waals surface area contributed by atoms with Gasteiger partial charge in [-0.3, -0.25) is 4.79 Å². The molecule has 0 bridgehead atoms. The highest BCUT2D eigenvalue weighted by molar-refractivity contribution is 7.99. The van der Waals surface area contributed by atoms with Crippen molar-refractivity contribution >= 4 is 23.4 Å². The van der Waals surface area contributed by atoms with Gasteiger partial charge in [-0.1, -0.05) is 17.3 Å². The third-order valence-electron chi connectivity index (χ3n) is 2.98. The van der Waals surface area contributed by atoms with Crippen molar-refractivity contribution in [3.63, 3.8) is 0 Å². The van der Waals surface area contributed by atoms with Gasteiger partial charge in [0.2, 0.25) is 11.8 Å². The first-order chi connectivity index (χ1) is 10.5. The number of hydrogen-bond donors (Lipinski definition) is 1. The van der Waals surface area contributed by atoms with Crippen LogP contribution < -0.4 is 10.2 Å². The molecule has 6 nitrogen and oxygen atoms in total. The molecule has 0 fully saturated rings. The maximum absolute atomic E-state index is 11.8. The van der Waals surface area contributed by atoms with E-state index in [0.717, 1.165) is 11.3 Å². The number of aryl methyl sites for hydroxylation is 1. The number of thioether (sulfide) groups is 1. The van der Waals surface area contributed by atoms with E-state index in [1.54, 1.807) is 6.92 Å². The highest BCUT2D eigenvalue weighted by Gasteiger charge is 2.06. The Labute approximate surface area is 134 Å². The Kier molecular flexibility index (Phi) is 5.83. The topological polar surface area (TPSA) is 71.3 Å². The van der Waals surface area contributed by atoms with Crippen molar-refractivity contribution in [2.24, 2.45) is 0 Å². The lowest BCUT2D eigenvalue weighted by Crippen LogP contribution is -2.24. The summed E-state index contributed by atoms with van der Waals surface area (Å²) in [4.78, 5) is 17.9. The third-order valence-corrected chi connectivity index (χ3v) is 3.91. The van der Waals surface area contributed by atoms with E-state index in [0.29, 0.717) is 29.8 Å². The minimum Gasteiger partial charge on any atom is -0.378 e. The molecule has 2 rings (SSSR count). The number of carbonyl (C=O) groups excluding carboxylic acids is 1. The number of carbonyl (C=O) groups is 1. The summed E-state index contributed by atoms with van der Waals surface area (Å²) in [5, 5.41) is 6.69. The van der Waals surface area contributed by atoms with Crippen molar-refractivity contribution in [3.05, 3.63) is 41.5 Å². The molecule has 0 radical (unpaired) electrons. The predicted octanol–water partition coefficient (Wildman–Crippen LogP) is 1.99. The first-order valence-electron chi connectivity index (χ1n) is 6.94. The summed E-state index contributed by atoms with van der Waals surface area (Å²) in [6.45, 7) is 2.28. The Morgan fingerprint density at radius 3 is 2.64 bits per heavy atom. The Morgan fingerprint density at radius 1 is 1.32 bits per heavy atom. The molecule has 0 aliphatic carbocycles. The molecule has 7 heteroatoms. The molecule has 1 amide bonds. The van der Waals surface area contributed by atoms with Gasteiger partial charge >= 0.3 is 0 Å². The van der Waals surface area contributed by atoms with E-state index in [2.05, 4.69) is 15.5 Å². The second-order valence-electron chi connectivity index (χ2n) is 5.06. The quantitative estimate of drug-likeness (QED) is 0.841. The zero-order valence-corrected chi connectivity index (χ0v) is 13.8. The second-order valence-corrected chi connectivity index (χ2v) is 6.05. The van der Waals surface area contributed by atoms with Gasteiger partial charge in [0.1, 0.15) is 0 Å². The summed E-state index contributed by atoms with van der Waals surface area (Å²) >= 11 is 1.47. The molecule has 0 saturated carbocycles. The lowest BCUT2D eigenvalue weighted by atomic mass is 10.2. The van der Waals surface area contributed by atoms with Gasteiger partial charge in [0.25, 0.3) is 0 Å². The maximum atomic E-state index is 11.8. The molecule has 2 aromatic rings. The number of anilines is 1. The highest BCUT2D eigenvalue weighted by Crippen LogP contribution is 2.12. The van der Waals surface area contributed by atoms with Crippen molar-refractivity contribution < 1.29 is 9.32 Å². The Bertz CT molecular complexity index is 610. The van der Waals surface area contributed by atoms with Gasteiger partial charge in [-0.2, -0.15) is 4.98 Å². The molecule has 1 heterocycles. The van der Waals surface area contributed by atoms with Crippen molar-refractivity contribution in [3.8, 4) is 0 Å². The van der Waals surface area contributed by atoms with Crippen LogP contribution in [0.3, 0.4) is 0 Å². The van der Waals surface area contributed by atoms with E-state index in [1.165, 1.54) is 11.8 Å². The standard InChI is InChI=1S/C15H20N4O2S/c1-11-17-14(18-21-11)9-22-10-15(20)16-8-12-4-6-13(7-5-12)19(2)3/h4-7H,8-10H2,1-3H3,(H,16,20). The summed E-state index contributed by atoms with van der Waals surface area (Å²) in [6.07, 6.45) is 0. The van der Waals surface area contributed by atoms with Gasteiger partial charge in [-0.05, 0) is 17.7 Å². The number of hydrogen-bond acceptors (Lipinski definition) is 6. The van der Waals surface area contributed by atoms with E-state index in [9.17, 15) is 4.79 Å². The monoisotopic (exact) mass is 320 g/mol. The lowest BCUT2D eigenvalue weighted by molar-refractivity contribution is -0.118. The molecule has 0 aliphatic rings. The average molecular weight is 320 g/mol. The summed E-state index contributed by atoms with van der Waals surface area (Å²) in [7, 11) is 4.00. The fraction of sp³-hybridized carbons (Fsp3) is 0.400. The smallest absolute Gasteiger partial charge is 0.230 e. The maximum Gasteiger partial charge on any atom is 0.230 e. The normalized spacial score (nSPS) is 10.5. The van der Waals surface area contributed by atoms with Crippen molar-refractivity contribution in [2.75, 3.05) is 24.7 Å². The molecule has 0 unspecified atom stereocenters. The minimum atomic E-state index is 0.00176. The molecule has 0 aliphatic heterocycles. The van der Waals surface area contributed by atoms with Crippen LogP contribution >= 0.6 is 11.8 Å². The van der Waals surface area contributed by atoms with Crippen LogP contribution in [0.5, 0.6) is 0 Å². The number of rotatable bonds is 7. The number of nitrogens with zero attached hydrogens (tertiary/aromatic N) is 3. The third kappa shape index (κ3) is 5.07. The largest absolute Gasteiger partial charge is 0.378 e. The first kappa shape index (κ1) is 16.4. The summed E-state index contributed by atoms with van der Waals surface area (Å²) in [5.41, 5.74) is 2.22. The first-order valence-corrected chi connectivity index (χ1v) is 8.10. The van der Waals surface area contributed by atoms with Gasteiger partial charge in [0, 0.05) is 33.3 Å². The average Bonchev–Trinajstić information content (AvgIpc) is 2.91. The van der Waals surface area contributed by atoms with Crippen LogP contribution in [0, 0.1) is 6.92 Å². The molecule has 1 N–H and O–H groups in total. The van der Waals surface area contributed by atoms with E-state index < -0.39 is 0 Å². The highest BCUT2D eigenvalue weighted by atomic mass is 32.2. The second kappa shape index (κ2) is 7.84. The van der Waals surface area contributed by atoms with Crippen molar-refractivity contribution in [2.45, 2.75) is 19.2 Å². The van der Waals surface area contributed by atoms with E-state index >= 15 is 0 Å². The Morgan fingerprint density at radius 2 is 2.05 bits per heavy atom. The fourth-order valence-corrected chi connectivity index (χ4v) is 2.49. The molecule has 1 aromatic heterocycles. The van der Waals surface area contributed by atoms with Crippen LogP contribution in [-0.4, -0.2) is 35.9 Å². The number of nitrogens with one attached hydrogen (secondary N) is 1. The summed E-state index contributed by atoms with van der Waals surface area (Å²) < 4.78 is 4.88. The molecule has 0 saturated heterocycles. The fourth-order valence-electron chi connectivity index (χ4n) is 1.80. The van der Waals surface area contributed by atoms with Crippen LogP contribution in [0.1, 0.15) is 17.3 Å². The van der Waals surface area contributed by atoms with Gasteiger partial charge in [-0.25, -0.2) is 0 Å². The van der Waals surface area contributed by atoms with Gasteiger partial charge in [0.05, 0.1) is 11.5 Å². The summed E-state index contributed by atoms with van der Waals surface area (Å²) in [6, 6.07) is 8.11. The lowest BCUT2D eigenvalue weighted by Gasteiger charge is -2.12. The molecular formula is C15H20N4O2S. The molecule has 1 aromatic carbocycles. The van der Waals surface area contributed by atoms with Crippen LogP contribution in [-0.2, 0) is 17.1 Å². The predicted molar refractivity (Wildman–Crippen MR) is 87.8 cm³/mol. The van der Waals surface area contributed by atoms with E-state index in [-0.39, 0.29) is 5.91 Å². The molecule has 22 heavy (non-hydrogen) atoms. The molecule has 118 valence electrons. The van der Waals surface area contributed by atoms with Gasteiger partial charge in [-0.15, -0.1) is 11.8 Å². The van der Waals surface area contributed by atoms with Gasteiger partial charge < -0.3 is 14.7 Å². The van der Waals surface area contributed by atoms with Crippen LogP contribution in [0.2, 0.25) is 0 Å². The Hall–Kier alpha value is -2.02. The van der Waals surface area contributed by atoms with Crippen molar-refractivity contribution in [1.29, 1.82) is 0 Å². The summed E-state index contributed by atoms with van der Waals surface area (Å²) in [5.74, 6) is 2.11. The SMILES string of the molecule is Cc1nc(CSCC(=O)NCc2ccc(N(C)C)cc2)no1. The van der Waals surface area contributed by atoms with Crippen LogP contribution in [0.25, 0.3) is 0 Å². The van der Waals surface area contributed by atoms with Gasteiger partial charge in [0.15, 0.2) is 5.82 Å². The molecular weight excluding hydrogens is 300 g/mol. The zero-order chi connectivity index (χ0) is 15.9. The van der Waals surface area contributed by atoms with E-state index in [4.69, 9.17) is 4.52 Å². The van der Waals surface area contributed by atoms with Crippen LogP contribution in [0.15, 0.2) is 28.8 Å². The zero-order valence-electron chi connectivity index (χ0n) is 13.0. The molecule has 0 atom stereocenters. The Balaban J connectivity index is 1.68. The van der Waals surface area contributed by atoms with E-state index in [1.807, 2.05) is 43.3 Å². The number of amides is 1. The molecule has 0 spiro atoms. The number of aromatic nitrogens is 2. The number of benzene rings is 1. The van der Waals surface area contributed by atoms with Crippen LogP contribution in [0.4, 0.5) is 5.69 Å². The minimum absolute atomic E-state index is 0.00176. The van der Waals surface area contributed by atoms with Crippen molar-refractivity contribution in [1.82, 2.24) is 15.5 Å².